The molecular weight excluding hydrogens is 368 g/mol. The molecule has 28 heavy (non-hydrogen) atoms. The number of para-hydroxylation sites is 1. The van der Waals surface area contributed by atoms with E-state index in [9.17, 15) is 4.79 Å². The number of nitrogens with one attached hydrogen (secondary N) is 1. The Bertz CT molecular complexity index is 896. The number of rotatable bonds is 6. The molecule has 1 aliphatic rings. The highest BCUT2D eigenvalue weighted by Gasteiger charge is 2.27. The van der Waals surface area contributed by atoms with Crippen molar-refractivity contribution in [1.82, 2.24) is 20.0 Å². The molecule has 0 bridgehead atoms. The Morgan fingerprint density at radius 3 is 2.64 bits per heavy atom. The molecule has 0 radical (unpaired) electrons. The van der Waals surface area contributed by atoms with Crippen LogP contribution in [0.5, 0.6) is 0 Å². The molecule has 0 atom stereocenters. The lowest BCUT2D eigenvalue weighted by atomic mass is 9.96. The van der Waals surface area contributed by atoms with Crippen molar-refractivity contribution in [3.05, 3.63) is 59.6 Å². The number of benzene rings is 1. The molecule has 1 saturated heterocycles. The summed E-state index contributed by atoms with van der Waals surface area (Å²) in [5.74, 6) is 0.750. The van der Waals surface area contributed by atoms with Crippen LogP contribution in [0.1, 0.15) is 30.1 Å². The lowest BCUT2D eigenvalue weighted by molar-refractivity contribution is 0.0691. The van der Waals surface area contributed by atoms with Crippen LogP contribution in [-0.2, 0) is 0 Å². The van der Waals surface area contributed by atoms with Crippen LogP contribution in [0, 0.1) is 5.92 Å². The lowest BCUT2D eigenvalue weighted by Gasteiger charge is -2.32. The number of hydrogen-bond acceptors (Lipinski definition) is 4. The van der Waals surface area contributed by atoms with Crippen LogP contribution >= 0.6 is 11.3 Å². The second kappa shape index (κ2) is 8.71. The van der Waals surface area contributed by atoms with Crippen LogP contribution in [0.3, 0.4) is 0 Å². The summed E-state index contributed by atoms with van der Waals surface area (Å²) in [5.41, 5.74) is 2.43. The Morgan fingerprint density at radius 1 is 1.18 bits per heavy atom. The molecule has 0 unspecified atom stereocenters. The second-order valence-electron chi connectivity index (χ2n) is 7.19. The van der Waals surface area contributed by atoms with E-state index in [1.807, 2.05) is 63.6 Å². The predicted octanol–water partition coefficient (Wildman–Crippen LogP) is 4.06. The molecule has 1 N–H and O–H groups in total. The standard InChI is InChI=1S/C22H26N4OS/c1-2-23-15-17-10-12-25(13-11-17)22(27)19-16-26(18-7-4-3-5-8-18)24-21(19)20-9-6-14-28-20/h3-9,14,16-17,23H,2,10-13,15H2,1H3. The minimum atomic E-state index is 0.0903. The largest absolute Gasteiger partial charge is 0.339 e. The molecule has 6 heteroatoms. The summed E-state index contributed by atoms with van der Waals surface area (Å²) < 4.78 is 1.82. The highest BCUT2D eigenvalue weighted by molar-refractivity contribution is 7.13. The minimum absolute atomic E-state index is 0.0903. The van der Waals surface area contributed by atoms with Crippen LogP contribution in [0.4, 0.5) is 0 Å². The van der Waals surface area contributed by atoms with E-state index in [-0.39, 0.29) is 5.91 Å². The molecule has 0 saturated carbocycles. The molecule has 3 aromatic rings. The molecule has 1 aromatic carbocycles. The van der Waals surface area contributed by atoms with E-state index in [2.05, 4.69) is 12.2 Å². The van der Waals surface area contributed by atoms with Crippen LogP contribution in [0.25, 0.3) is 16.3 Å². The number of thiophene rings is 1. The van der Waals surface area contributed by atoms with Crippen LogP contribution < -0.4 is 5.32 Å². The van der Waals surface area contributed by atoms with E-state index in [0.29, 0.717) is 11.5 Å². The molecular formula is C22H26N4OS. The number of carbonyl (C=O) groups is 1. The normalized spacial score (nSPS) is 15.1. The van der Waals surface area contributed by atoms with Gasteiger partial charge in [-0.05, 0) is 55.4 Å². The third kappa shape index (κ3) is 4.03. The number of carbonyl (C=O) groups excluding carboxylic acids is 1. The van der Waals surface area contributed by atoms with E-state index in [0.717, 1.165) is 55.3 Å². The molecule has 146 valence electrons. The first-order valence-electron chi connectivity index (χ1n) is 9.95. The Morgan fingerprint density at radius 2 is 1.96 bits per heavy atom. The fourth-order valence-corrected chi connectivity index (χ4v) is 4.42. The maximum absolute atomic E-state index is 13.3. The topological polar surface area (TPSA) is 50.2 Å². The van der Waals surface area contributed by atoms with Gasteiger partial charge >= 0.3 is 0 Å². The third-order valence-corrected chi connectivity index (χ3v) is 6.18. The molecule has 1 amide bonds. The summed E-state index contributed by atoms with van der Waals surface area (Å²) in [6.45, 7) is 5.81. The second-order valence-corrected chi connectivity index (χ2v) is 8.14. The molecule has 1 aliphatic heterocycles. The minimum Gasteiger partial charge on any atom is -0.339 e. The van der Waals surface area contributed by atoms with Crippen molar-refractivity contribution in [2.45, 2.75) is 19.8 Å². The highest BCUT2D eigenvalue weighted by Crippen LogP contribution is 2.29. The van der Waals surface area contributed by atoms with Gasteiger partial charge in [0, 0.05) is 19.3 Å². The van der Waals surface area contributed by atoms with Gasteiger partial charge in [0.15, 0.2) is 0 Å². The summed E-state index contributed by atoms with van der Waals surface area (Å²) in [6, 6.07) is 14.0. The van der Waals surface area contributed by atoms with Gasteiger partial charge in [-0.3, -0.25) is 4.79 Å². The average Bonchev–Trinajstić information content (AvgIpc) is 3.42. The smallest absolute Gasteiger partial charge is 0.257 e. The molecule has 1 fully saturated rings. The fraction of sp³-hybridized carbons (Fsp3) is 0.364. The van der Waals surface area contributed by atoms with Crippen molar-refractivity contribution in [3.8, 4) is 16.3 Å². The maximum atomic E-state index is 13.3. The van der Waals surface area contributed by atoms with E-state index in [4.69, 9.17) is 5.10 Å². The summed E-state index contributed by atoms with van der Waals surface area (Å²) in [6.07, 6.45) is 4.00. The number of nitrogens with zero attached hydrogens (tertiary/aromatic N) is 3. The van der Waals surface area contributed by atoms with Crippen LogP contribution in [0.15, 0.2) is 54.0 Å². The van der Waals surface area contributed by atoms with Gasteiger partial charge in [-0.15, -0.1) is 11.3 Å². The van der Waals surface area contributed by atoms with E-state index in [1.165, 1.54) is 0 Å². The van der Waals surface area contributed by atoms with Crippen molar-refractivity contribution in [3.63, 3.8) is 0 Å². The fourth-order valence-electron chi connectivity index (χ4n) is 3.70. The van der Waals surface area contributed by atoms with Gasteiger partial charge in [0.25, 0.3) is 5.91 Å². The van der Waals surface area contributed by atoms with Crippen molar-refractivity contribution in [2.24, 2.45) is 5.92 Å². The van der Waals surface area contributed by atoms with Gasteiger partial charge < -0.3 is 10.2 Å². The lowest BCUT2D eigenvalue weighted by Crippen LogP contribution is -2.40. The Balaban J connectivity index is 1.58. The number of aromatic nitrogens is 2. The van der Waals surface area contributed by atoms with Crippen molar-refractivity contribution < 1.29 is 4.79 Å². The molecule has 2 aromatic heterocycles. The van der Waals surface area contributed by atoms with Gasteiger partial charge in [0.2, 0.25) is 0 Å². The quantitative estimate of drug-likeness (QED) is 0.686. The van der Waals surface area contributed by atoms with Gasteiger partial charge in [0.05, 0.1) is 16.1 Å². The molecule has 3 heterocycles. The summed E-state index contributed by atoms with van der Waals surface area (Å²) in [5, 5.41) is 10.2. The molecule has 4 rings (SSSR count). The average molecular weight is 395 g/mol. The van der Waals surface area contributed by atoms with E-state index in [1.54, 1.807) is 11.3 Å². The van der Waals surface area contributed by atoms with E-state index < -0.39 is 0 Å². The number of likely N-dealkylation sites (tertiary alicyclic amines) is 1. The van der Waals surface area contributed by atoms with Crippen LogP contribution in [0.2, 0.25) is 0 Å². The van der Waals surface area contributed by atoms with Gasteiger partial charge in [-0.2, -0.15) is 5.10 Å². The highest BCUT2D eigenvalue weighted by atomic mass is 32.1. The summed E-state index contributed by atoms with van der Waals surface area (Å²) in [4.78, 5) is 16.4. The maximum Gasteiger partial charge on any atom is 0.257 e. The Labute approximate surface area is 170 Å². The number of hydrogen-bond donors (Lipinski definition) is 1. The monoisotopic (exact) mass is 394 g/mol. The number of amides is 1. The van der Waals surface area contributed by atoms with E-state index >= 15 is 0 Å². The molecule has 0 aliphatic carbocycles. The first-order valence-corrected chi connectivity index (χ1v) is 10.8. The van der Waals surface area contributed by atoms with Crippen molar-refractivity contribution in [2.75, 3.05) is 26.2 Å². The predicted molar refractivity (Wildman–Crippen MR) is 114 cm³/mol. The summed E-state index contributed by atoms with van der Waals surface area (Å²) in [7, 11) is 0. The first-order chi connectivity index (χ1) is 13.8. The summed E-state index contributed by atoms with van der Waals surface area (Å²) >= 11 is 1.62. The Kier molecular flexibility index (Phi) is 5.88. The zero-order valence-electron chi connectivity index (χ0n) is 16.2. The molecule has 5 nitrogen and oxygen atoms in total. The van der Waals surface area contributed by atoms with Crippen molar-refractivity contribution in [1.29, 1.82) is 0 Å². The number of piperidine rings is 1. The molecule has 0 spiro atoms. The van der Waals surface area contributed by atoms with Gasteiger partial charge in [0.1, 0.15) is 5.69 Å². The third-order valence-electron chi connectivity index (χ3n) is 5.30. The first kappa shape index (κ1) is 18.9. The van der Waals surface area contributed by atoms with Crippen molar-refractivity contribution >= 4 is 17.2 Å². The zero-order chi connectivity index (χ0) is 19.3. The van der Waals surface area contributed by atoms with Gasteiger partial charge in [-0.25, -0.2) is 4.68 Å². The Hall–Kier alpha value is -2.44. The van der Waals surface area contributed by atoms with Crippen LogP contribution in [-0.4, -0.2) is 46.8 Å². The zero-order valence-corrected chi connectivity index (χ0v) is 17.0. The van der Waals surface area contributed by atoms with Gasteiger partial charge in [-0.1, -0.05) is 31.2 Å². The SMILES string of the molecule is CCNCC1CCN(C(=O)c2cn(-c3ccccc3)nc2-c2cccs2)CC1.